The smallest absolute Gasteiger partial charge is 0.338 e. The number of amides is 1. The molecule has 0 aliphatic carbocycles. The first-order valence-electron chi connectivity index (χ1n) is 18.9. The molecule has 1 saturated heterocycles. The number of halogens is 1. The molecule has 308 valence electrons. The summed E-state index contributed by atoms with van der Waals surface area (Å²) in [6.45, 7) is 4.46. The van der Waals surface area contributed by atoms with Gasteiger partial charge in [0.05, 0.1) is 15.4 Å². The van der Waals surface area contributed by atoms with Crippen LogP contribution in [0.2, 0.25) is 5.02 Å². The van der Waals surface area contributed by atoms with Crippen LogP contribution in [0, 0.1) is 10.1 Å². The maximum absolute atomic E-state index is 13.5. The van der Waals surface area contributed by atoms with Crippen molar-refractivity contribution in [3.8, 4) is 11.1 Å². The predicted octanol–water partition coefficient (Wildman–Crippen LogP) is 7.58. The number of carbonyl (C=O) groups excluding carboxylic acids is 1. The second kappa shape index (κ2) is 19.5. The molecule has 1 amide bonds. The Morgan fingerprint density at radius 3 is 2.22 bits per heavy atom. The highest BCUT2D eigenvalue weighted by molar-refractivity contribution is 7.99. The number of nitro groups is 1. The van der Waals surface area contributed by atoms with Gasteiger partial charge >= 0.3 is 5.97 Å². The van der Waals surface area contributed by atoms with Crippen LogP contribution in [0.5, 0.6) is 0 Å². The number of piperazine rings is 1. The number of aromatic carboxylic acids is 1. The molecule has 1 fully saturated rings. The Balaban J connectivity index is 1.12. The first-order valence-corrected chi connectivity index (χ1v) is 21.8. The van der Waals surface area contributed by atoms with Gasteiger partial charge < -0.3 is 20.2 Å². The first kappa shape index (κ1) is 43.1. The number of hydrogen-bond acceptors (Lipinski definition) is 11. The molecule has 1 heterocycles. The van der Waals surface area contributed by atoms with E-state index in [9.17, 15) is 33.2 Å². The van der Waals surface area contributed by atoms with Crippen LogP contribution in [-0.2, 0) is 16.6 Å². The highest BCUT2D eigenvalue weighted by Gasteiger charge is 2.31. The zero-order valence-electron chi connectivity index (χ0n) is 32.6. The van der Waals surface area contributed by atoms with Crippen molar-refractivity contribution in [1.82, 2.24) is 14.5 Å². The number of nitrogens with zero attached hydrogens (tertiary/aromatic N) is 4. The zero-order valence-corrected chi connectivity index (χ0v) is 35.0. The van der Waals surface area contributed by atoms with Gasteiger partial charge in [0.25, 0.3) is 21.6 Å². The average molecular weight is 857 g/mol. The van der Waals surface area contributed by atoms with Crippen LogP contribution in [0.4, 0.5) is 17.1 Å². The van der Waals surface area contributed by atoms with Crippen LogP contribution in [0.15, 0.2) is 125 Å². The van der Waals surface area contributed by atoms with Crippen molar-refractivity contribution >= 4 is 62.3 Å². The van der Waals surface area contributed by atoms with Gasteiger partial charge in [-0.15, -0.1) is 11.8 Å². The van der Waals surface area contributed by atoms with E-state index in [0.717, 1.165) is 66.6 Å². The van der Waals surface area contributed by atoms with Crippen LogP contribution in [-0.4, -0.2) is 98.7 Å². The van der Waals surface area contributed by atoms with Crippen molar-refractivity contribution in [1.29, 1.82) is 0 Å². The summed E-state index contributed by atoms with van der Waals surface area (Å²) < 4.78 is 29.0. The zero-order chi connectivity index (χ0) is 42.1. The first-order chi connectivity index (χ1) is 28.3. The second-order valence-corrected chi connectivity index (χ2v) is 17.6. The standard InChI is InChI=1S/C43H45ClN6O7S2/c1-47(2)21-20-34(29-58-36-9-4-3-5-10-36)45-41-39(43(52)53)26-37(27-40(41)50(54)55)59(56,57)46-42(51)31-14-18-35(19-15-31)49-24-22-48(23-25-49)28-32-8-6-7-11-38(32)30-12-16-33(44)17-13-30/h3-19,26-27,34,45H,20-25,28-29H2,1-2H3,(H,46,51)(H,52,53)/t34-/m1/s1. The number of hydrogen-bond donors (Lipinski definition) is 3. The summed E-state index contributed by atoms with van der Waals surface area (Å²) >= 11 is 7.61. The fourth-order valence-corrected chi connectivity index (χ4v) is 8.93. The fraction of sp³-hybridized carbons (Fsp3) is 0.256. The summed E-state index contributed by atoms with van der Waals surface area (Å²) in [4.78, 5) is 44.0. The van der Waals surface area contributed by atoms with E-state index in [2.05, 4.69) is 27.2 Å². The molecular weight excluding hydrogens is 812 g/mol. The van der Waals surface area contributed by atoms with E-state index in [-0.39, 0.29) is 11.3 Å². The molecule has 3 N–H and O–H groups in total. The lowest BCUT2D eigenvalue weighted by molar-refractivity contribution is -0.384. The van der Waals surface area contributed by atoms with Gasteiger partial charge in [0.1, 0.15) is 5.69 Å². The van der Waals surface area contributed by atoms with Gasteiger partial charge in [-0.3, -0.25) is 19.8 Å². The van der Waals surface area contributed by atoms with Crippen LogP contribution < -0.4 is 14.9 Å². The highest BCUT2D eigenvalue weighted by Crippen LogP contribution is 2.34. The Bertz CT molecular complexity index is 2340. The summed E-state index contributed by atoms with van der Waals surface area (Å²) in [5.41, 5.74) is 2.71. The third kappa shape index (κ3) is 11.4. The monoisotopic (exact) mass is 856 g/mol. The number of sulfonamides is 1. The number of carbonyl (C=O) groups is 2. The molecule has 0 saturated carbocycles. The van der Waals surface area contributed by atoms with Crippen molar-refractivity contribution in [2.45, 2.75) is 28.8 Å². The van der Waals surface area contributed by atoms with Crippen molar-refractivity contribution in [2.75, 3.05) is 62.8 Å². The average Bonchev–Trinajstić information content (AvgIpc) is 3.22. The molecule has 16 heteroatoms. The molecule has 1 aliphatic rings. The van der Waals surface area contributed by atoms with Crippen molar-refractivity contribution in [3.05, 3.63) is 147 Å². The molecule has 0 radical (unpaired) electrons. The lowest BCUT2D eigenvalue weighted by Crippen LogP contribution is -2.46. The molecule has 59 heavy (non-hydrogen) atoms. The number of nitrogens with one attached hydrogen (secondary N) is 2. The number of benzene rings is 5. The summed E-state index contributed by atoms with van der Waals surface area (Å²) in [6, 6.07) is 33.3. The Labute approximate surface area is 353 Å². The van der Waals surface area contributed by atoms with Crippen LogP contribution in [0.1, 0.15) is 32.7 Å². The van der Waals surface area contributed by atoms with Gasteiger partial charge in [0.2, 0.25) is 0 Å². The largest absolute Gasteiger partial charge is 0.478 e. The molecule has 1 aliphatic heterocycles. The van der Waals surface area contributed by atoms with E-state index in [4.69, 9.17) is 11.6 Å². The van der Waals surface area contributed by atoms with Gasteiger partial charge in [0, 0.05) is 71.8 Å². The van der Waals surface area contributed by atoms with Gasteiger partial charge in [0.15, 0.2) is 0 Å². The molecule has 0 spiro atoms. The third-order valence-electron chi connectivity index (χ3n) is 9.96. The van der Waals surface area contributed by atoms with Crippen LogP contribution in [0.3, 0.4) is 0 Å². The maximum Gasteiger partial charge on any atom is 0.338 e. The number of rotatable bonds is 17. The number of nitro benzene ring substituents is 1. The van der Waals surface area contributed by atoms with E-state index in [1.807, 2.05) is 90.4 Å². The van der Waals surface area contributed by atoms with Crippen LogP contribution in [0.25, 0.3) is 11.1 Å². The number of thioether (sulfide) groups is 1. The summed E-state index contributed by atoms with van der Waals surface area (Å²) in [7, 11) is -0.990. The topological polar surface area (TPSA) is 165 Å². The highest BCUT2D eigenvalue weighted by atomic mass is 35.5. The quantitative estimate of drug-likeness (QED) is 0.0478. The number of carboxylic acid groups (broad SMARTS) is 1. The molecule has 0 aromatic heterocycles. The van der Waals surface area contributed by atoms with E-state index in [1.165, 1.54) is 29.5 Å². The molecule has 0 unspecified atom stereocenters. The molecule has 6 rings (SSSR count). The third-order valence-corrected chi connectivity index (χ3v) is 12.7. The minimum Gasteiger partial charge on any atom is -0.478 e. The normalized spacial score (nSPS) is 13.9. The van der Waals surface area contributed by atoms with Gasteiger partial charge in [-0.05, 0) is 98.3 Å². The van der Waals surface area contributed by atoms with Crippen molar-refractivity contribution in [2.24, 2.45) is 0 Å². The van der Waals surface area contributed by atoms with Crippen molar-refractivity contribution in [3.63, 3.8) is 0 Å². The van der Waals surface area contributed by atoms with Gasteiger partial charge in [-0.25, -0.2) is 17.9 Å². The summed E-state index contributed by atoms with van der Waals surface area (Å²) in [5, 5.41) is 26.3. The lowest BCUT2D eigenvalue weighted by Gasteiger charge is -2.36. The number of carboxylic acids is 1. The Morgan fingerprint density at radius 2 is 1.58 bits per heavy atom. The molecular formula is C43H45ClN6O7S2. The summed E-state index contributed by atoms with van der Waals surface area (Å²) in [5.74, 6) is -2.09. The number of anilines is 2. The van der Waals surface area contributed by atoms with Gasteiger partial charge in [-0.2, -0.15) is 0 Å². The molecule has 5 aromatic rings. The molecule has 0 bridgehead atoms. The Kier molecular flexibility index (Phi) is 14.3. The molecule has 1 atom stereocenters. The van der Waals surface area contributed by atoms with E-state index >= 15 is 0 Å². The predicted molar refractivity (Wildman–Crippen MR) is 233 cm³/mol. The Morgan fingerprint density at radius 1 is 0.915 bits per heavy atom. The van der Waals surface area contributed by atoms with Gasteiger partial charge in [-0.1, -0.05) is 66.2 Å². The Hall–Kier alpha value is -5.45. The summed E-state index contributed by atoms with van der Waals surface area (Å²) in [6.07, 6.45) is 0.509. The minimum absolute atomic E-state index is 0.0423. The van der Waals surface area contributed by atoms with Crippen molar-refractivity contribution < 1.29 is 28.0 Å². The second-order valence-electron chi connectivity index (χ2n) is 14.4. The van der Waals surface area contributed by atoms with E-state index < -0.39 is 49.0 Å². The maximum atomic E-state index is 13.5. The minimum atomic E-state index is -4.75. The molecule has 13 nitrogen and oxygen atoms in total. The molecule has 5 aromatic carbocycles. The SMILES string of the molecule is CN(C)CC[C@H](CSc1ccccc1)Nc1c(C(=O)O)cc(S(=O)(=O)NC(=O)c2ccc(N3CCN(Cc4ccccc4-c4ccc(Cl)cc4)CC3)cc2)cc1[N+](=O)[O-]. The van der Waals surface area contributed by atoms with E-state index in [1.54, 1.807) is 12.1 Å². The van der Waals surface area contributed by atoms with Crippen LogP contribution >= 0.6 is 23.4 Å². The lowest BCUT2D eigenvalue weighted by atomic mass is 9.99. The fourth-order valence-electron chi connectivity index (χ4n) is 6.79. The van der Waals surface area contributed by atoms with E-state index in [0.29, 0.717) is 23.7 Å².